The summed E-state index contributed by atoms with van der Waals surface area (Å²) in [5, 5.41) is 10.3. The summed E-state index contributed by atoms with van der Waals surface area (Å²) in [6.45, 7) is 0.0589. The number of carboxylic acid groups (broad SMARTS) is 1. The lowest BCUT2D eigenvalue weighted by Gasteiger charge is -2.13. The Bertz CT molecular complexity index is 1230. The lowest BCUT2D eigenvalue weighted by Crippen LogP contribution is -2.11. The van der Waals surface area contributed by atoms with Crippen LogP contribution in [0.1, 0.15) is 11.3 Å². The van der Waals surface area contributed by atoms with E-state index in [1.54, 1.807) is 30.3 Å². The number of halogens is 1. The molecule has 1 heterocycles. The van der Waals surface area contributed by atoms with Crippen molar-refractivity contribution < 1.29 is 24.1 Å². The number of aromatic nitrogens is 1. The average Bonchev–Trinajstić information content (AvgIpc) is 2.81. The Morgan fingerprint density at radius 3 is 2.28 bits per heavy atom. The van der Waals surface area contributed by atoms with Crippen LogP contribution in [0, 0.1) is 0 Å². The zero-order chi connectivity index (χ0) is 22.3. The van der Waals surface area contributed by atoms with Gasteiger partial charge in [-0.2, -0.15) is 0 Å². The molecule has 0 amide bonds. The van der Waals surface area contributed by atoms with Gasteiger partial charge in [-0.15, -0.1) is 0 Å². The quantitative estimate of drug-likeness (QED) is 0.363. The summed E-state index contributed by atoms with van der Waals surface area (Å²) >= 11 is 6.14. The number of pyridine rings is 1. The highest BCUT2D eigenvalue weighted by molar-refractivity contribution is 6.32. The molecule has 0 aliphatic heterocycles. The number of hydrogen-bond acceptors (Lipinski definition) is 5. The van der Waals surface area contributed by atoms with E-state index in [4.69, 9.17) is 30.9 Å². The topological polar surface area (TPSA) is 77.9 Å². The zero-order valence-corrected chi connectivity index (χ0v) is 17.8. The Kier molecular flexibility index (Phi) is 6.72. The molecule has 0 aliphatic carbocycles. The third kappa shape index (κ3) is 5.47. The highest BCUT2D eigenvalue weighted by atomic mass is 35.5. The van der Waals surface area contributed by atoms with Gasteiger partial charge in [0.15, 0.2) is 6.61 Å². The number of hydrogen-bond donors (Lipinski definition) is 1. The Morgan fingerprint density at radius 2 is 1.53 bits per heavy atom. The van der Waals surface area contributed by atoms with E-state index < -0.39 is 12.6 Å². The Labute approximate surface area is 190 Å². The van der Waals surface area contributed by atoms with Crippen LogP contribution in [0.25, 0.3) is 10.9 Å². The average molecular weight is 450 g/mol. The third-order valence-corrected chi connectivity index (χ3v) is 4.95. The molecule has 6 nitrogen and oxygen atoms in total. The molecule has 0 radical (unpaired) electrons. The van der Waals surface area contributed by atoms with E-state index >= 15 is 0 Å². The van der Waals surface area contributed by atoms with E-state index in [1.807, 2.05) is 48.5 Å². The maximum Gasteiger partial charge on any atom is 0.341 e. The van der Waals surface area contributed by atoms with Crippen LogP contribution < -0.4 is 14.2 Å². The molecule has 32 heavy (non-hydrogen) atoms. The molecule has 7 heteroatoms. The van der Waals surface area contributed by atoms with E-state index in [0.717, 1.165) is 16.6 Å². The molecule has 0 saturated heterocycles. The molecule has 0 saturated carbocycles. The second kappa shape index (κ2) is 10.0. The Hall–Kier alpha value is -3.77. The van der Waals surface area contributed by atoms with Gasteiger partial charge in [0, 0.05) is 10.9 Å². The molecule has 0 atom stereocenters. The van der Waals surface area contributed by atoms with E-state index in [9.17, 15) is 4.79 Å². The van der Waals surface area contributed by atoms with Crippen molar-refractivity contribution >= 4 is 28.5 Å². The minimum atomic E-state index is -1.08. The Balaban J connectivity index is 1.35. The highest BCUT2D eigenvalue weighted by Gasteiger charge is 2.11. The second-order valence-electron chi connectivity index (χ2n) is 6.95. The largest absolute Gasteiger partial charge is 0.489 e. The SMILES string of the molecule is O=C(O)COc1c(Cl)cccc1COc1ccc(OCc2ccc3ccccc3n2)cc1. The standard InChI is InChI=1S/C25H20ClNO5/c26-22-6-3-5-18(25(22)32-16-24(28)29)14-30-20-10-12-21(13-11-20)31-15-19-9-8-17-4-1-2-7-23(17)27-19/h1-13H,14-16H2,(H,28,29). The number of ether oxygens (including phenoxy) is 3. The second-order valence-corrected chi connectivity index (χ2v) is 7.36. The van der Waals surface area contributed by atoms with Crippen LogP contribution in [0.3, 0.4) is 0 Å². The number of fused-ring (bicyclic) bond motifs is 1. The third-order valence-electron chi connectivity index (χ3n) is 4.65. The predicted molar refractivity (Wildman–Crippen MR) is 121 cm³/mol. The van der Waals surface area contributed by atoms with Crippen LogP contribution in [-0.4, -0.2) is 22.7 Å². The van der Waals surface area contributed by atoms with Crippen molar-refractivity contribution in [3.05, 3.63) is 95.1 Å². The van der Waals surface area contributed by atoms with Gasteiger partial charge < -0.3 is 19.3 Å². The first-order valence-corrected chi connectivity index (χ1v) is 10.3. The molecule has 162 valence electrons. The number of rotatable bonds is 9. The number of aliphatic carboxylic acids is 1. The van der Waals surface area contributed by atoms with Gasteiger partial charge in [-0.1, -0.05) is 48.0 Å². The molecule has 0 spiro atoms. The molecule has 0 fully saturated rings. The zero-order valence-electron chi connectivity index (χ0n) is 17.0. The van der Waals surface area contributed by atoms with Crippen molar-refractivity contribution in [3.63, 3.8) is 0 Å². The summed E-state index contributed by atoms with van der Waals surface area (Å²) in [6.07, 6.45) is 0. The van der Waals surface area contributed by atoms with Crippen molar-refractivity contribution in [3.8, 4) is 17.2 Å². The molecular formula is C25H20ClNO5. The summed E-state index contributed by atoms with van der Waals surface area (Å²) in [5.41, 5.74) is 2.44. The lowest BCUT2D eigenvalue weighted by atomic mass is 10.2. The fraction of sp³-hybridized carbons (Fsp3) is 0.120. The molecule has 3 aromatic carbocycles. The van der Waals surface area contributed by atoms with Gasteiger partial charge in [-0.3, -0.25) is 0 Å². The summed E-state index contributed by atoms with van der Waals surface area (Å²) in [6, 6.07) is 24.3. The van der Waals surface area contributed by atoms with Gasteiger partial charge in [0.05, 0.1) is 16.2 Å². The molecule has 0 bridgehead atoms. The maximum atomic E-state index is 10.8. The molecule has 1 aromatic heterocycles. The first kappa shape index (κ1) is 21.5. The monoisotopic (exact) mass is 449 g/mol. The van der Waals surface area contributed by atoms with Crippen LogP contribution in [0.4, 0.5) is 0 Å². The van der Waals surface area contributed by atoms with Crippen LogP contribution in [0.15, 0.2) is 78.9 Å². The maximum absolute atomic E-state index is 10.8. The first-order chi connectivity index (χ1) is 15.6. The van der Waals surface area contributed by atoms with Crippen LogP contribution in [0.5, 0.6) is 17.2 Å². The van der Waals surface area contributed by atoms with Crippen molar-refractivity contribution in [1.82, 2.24) is 4.98 Å². The van der Waals surface area contributed by atoms with E-state index in [1.165, 1.54) is 0 Å². The number of para-hydroxylation sites is 2. The summed E-state index contributed by atoms with van der Waals surface area (Å²) < 4.78 is 16.9. The summed E-state index contributed by atoms with van der Waals surface area (Å²) in [7, 11) is 0. The number of carbonyl (C=O) groups is 1. The van der Waals surface area contributed by atoms with Crippen LogP contribution in [-0.2, 0) is 18.0 Å². The van der Waals surface area contributed by atoms with Crippen LogP contribution in [0.2, 0.25) is 5.02 Å². The van der Waals surface area contributed by atoms with E-state index in [0.29, 0.717) is 34.4 Å². The van der Waals surface area contributed by atoms with Crippen molar-refractivity contribution in [2.75, 3.05) is 6.61 Å². The fourth-order valence-corrected chi connectivity index (χ4v) is 3.35. The first-order valence-electron chi connectivity index (χ1n) is 9.91. The van der Waals surface area contributed by atoms with Crippen LogP contribution >= 0.6 is 11.6 Å². The highest BCUT2D eigenvalue weighted by Crippen LogP contribution is 2.30. The van der Waals surface area contributed by atoms with Gasteiger partial charge >= 0.3 is 5.97 Å². The lowest BCUT2D eigenvalue weighted by molar-refractivity contribution is -0.139. The molecule has 1 N–H and O–H groups in total. The van der Waals surface area contributed by atoms with E-state index in [-0.39, 0.29) is 6.61 Å². The fourth-order valence-electron chi connectivity index (χ4n) is 3.10. The van der Waals surface area contributed by atoms with Gasteiger partial charge in [0.25, 0.3) is 0 Å². The summed E-state index contributed by atoms with van der Waals surface area (Å²) in [5.74, 6) is 0.552. The molecule has 4 aromatic rings. The smallest absolute Gasteiger partial charge is 0.341 e. The van der Waals surface area contributed by atoms with Gasteiger partial charge in [-0.05, 0) is 42.5 Å². The van der Waals surface area contributed by atoms with Crippen molar-refractivity contribution in [2.24, 2.45) is 0 Å². The van der Waals surface area contributed by atoms with E-state index in [2.05, 4.69) is 4.98 Å². The molecular weight excluding hydrogens is 430 g/mol. The van der Waals surface area contributed by atoms with Gasteiger partial charge in [0.2, 0.25) is 0 Å². The normalized spacial score (nSPS) is 10.7. The molecule has 4 rings (SSSR count). The Morgan fingerprint density at radius 1 is 0.812 bits per heavy atom. The number of nitrogens with zero attached hydrogens (tertiary/aromatic N) is 1. The molecule has 0 aliphatic rings. The number of carboxylic acids is 1. The number of benzene rings is 3. The van der Waals surface area contributed by atoms with Gasteiger partial charge in [0.1, 0.15) is 30.5 Å². The van der Waals surface area contributed by atoms with Gasteiger partial charge in [-0.25, -0.2) is 9.78 Å². The van der Waals surface area contributed by atoms with Crippen molar-refractivity contribution in [2.45, 2.75) is 13.2 Å². The minimum absolute atomic E-state index is 0.177. The predicted octanol–water partition coefficient (Wildman–Crippen LogP) is 5.51. The van der Waals surface area contributed by atoms with Crippen molar-refractivity contribution in [1.29, 1.82) is 0 Å². The minimum Gasteiger partial charge on any atom is -0.489 e. The molecule has 0 unspecified atom stereocenters. The summed E-state index contributed by atoms with van der Waals surface area (Å²) in [4.78, 5) is 15.4.